The molecule has 148 valence electrons. The van der Waals surface area contributed by atoms with Crippen LogP contribution in [0.3, 0.4) is 0 Å². The zero-order valence-corrected chi connectivity index (χ0v) is 17.1. The fourth-order valence-electron chi connectivity index (χ4n) is 3.07. The highest BCUT2D eigenvalue weighted by Gasteiger charge is 2.46. The van der Waals surface area contributed by atoms with Crippen LogP contribution in [0.1, 0.15) is 22.2 Å². The molecule has 0 aliphatic carbocycles. The van der Waals surface area contributed by atoms with E-state index in [4.69, 9.17) is 9.15 Å². The Morgan fingerprint density at radius 2 is 2.17 bits per heavy atom. The monoisotopic (exact) mass is 477 g/mol. The summed E-state index contributed by atoms with van der Waals surface area (Å²) in [5.41, 5.74) is 1.64. The Kier molecular flexibility index (Phi) is 4.84. The smallest absolute Gasteiger partial charge is 0.296 e. The molecule has 1 atom stereocenters. The lowest BCUT2D eigenvalue weighted by atomic mass is 9.95. The van der Waals surface area contributed by atoms with Crippen LogP contribution < -0.4 is 9.64 Å². The molecule has 3 heterocycles. The lowest BCUT2D eigenvalue weighted by Crippen LogP contribution is -2.31. The predicted molar refractivity (Wildman–Crippen MR) is 105 cm³/mol. The van der Waals surface area contributed by atoms with Crippen molar-refractivity contribution in [3.05, 3.63) is 63.2 Å². The van der Waals surface area contributed by atoms with Crippen molar-refractivity contribution in [1.29, 1.82) is 0 Å². The molecule has 2 aromatic heterocycles. The molecule has 0 saturated heterocycles. The highest BCUT2D eigenvalue weighted by molar-refractivity contribution is 9.10. The second kappa shape index (κ2) is 7.33. The number of carbonyl (C=O) groups excluding carboxylic acids is 2. The molecule has 11 heteroatoms. The number of carbonyl (C=O) groups is 2. The van der Waals surface area contributed by atoms with Gasteiger partial charge in [0.15, 0.2) is 23.0 Å². The fraction of sp³-hybridized carbons (Fsp3) is 0.111. The topological polar surface area (TPSA) is 126 Å². The number of phenols is 1. The molecule has 0 fully saturated rings. The summed E-state index contributed by atoms with van der Waals surface area (Å²) >= 11 is 4.31. The van der Waals surface area contributed by atoms with E-state index in [-0.39, 0.29) is 32.4 Å². The number of anilines is 1. The normalized spacial score (nSPS) is 16.6. The van der Waals surface area contributed by atoms with Crippen molar-refractivity contribution in [2.75, 3.05) is 12.0 Å². The third-order valence-electron chi connectivity index (χ3n) is 4.34. The molecule has 9 nitrogen and oxygen atoms in total. The minimum Gasteiger partial charge on any atom is -0.503 e. The summed E-state index contributed by atoms with van der Waals surface area (Å²) in [5, 5.41) is 28.5. The number of aliphatic hydroxyl groups excluding tert-OH is 1. The zero-order valence-electron chi connectivity index (χ0n) is 14.7. The number of ketones is 1. The van der Waals surface area contributed by atoms with Crippen LogP contribution in [0.4, 0.5) is 5.13 Å². The molecule has 4 rings (SSSR count). The Morgan fingerprint density at radius 3 is 2.79 bits per heavy atom. The van der Waals surface area contributed by atoms with Gasteiger partial charge in [-0.1, -0.05) is 11.3 Å². The number of methoxy groups -OCH3 is 1. The van der Waals surface area contributed by atoms with E-state index in [0.29, 0.717) is 5.56 Å². The summed E-state index contributed by atoms with van der Waals surface area (Å²) in [7, 11) is 1.37. The molecule has 1 aliphatic rings. The third-order valence-corrected chi connectivity index (χ3v) is 5.63. The Labute approximate surface area is 176 Å². The van der Waals surface area contributed by atoms with Gasteiger partial charge in [-0.15, -0.1) is 10.2 Å². The van der Waals surface area contributed by atoms with Gasteiger partial charge in [0.1, 0.15) is 5.51 Å². The largest absolute Gasteiger partial charge is 0.503 e. The summed E-state index contributed by atoms with van der Waals surface area (Å²) in [6.45, 7) is 0. The van der Waals surface area contributed by atoms with Crippen molar-refractivity contribution in [2.45, 2.75) is 6.04 Å². The lowest BCUT2D eigenvalue weighted by Gasteiger charge is -2.24. The first kappa shape index (κ1) is 19.2. The van der Waals surface area contributed by atoms with Gasteiger partial charge in [-0.3, -0.25) is 14.5 Å². The summed E-state index contributed by atoms with van der Waals surface area (Å²) < 4.78 is 10.6. The summed E-state index contributed by atoms with van der Waals surface area (Å²) in [6, 6.07) is 4.92. The van der Waals surface area contributed by atoms with Crippen LogP contribution in [-0.2, 0) is 4.79 Å². The SMILES string of the molecule is COc1cc(C2C(C(=O)c3ccco3)=C(O)C(=O)N2c2nncs2)cc(Br)c1O. The van der Waals surface area contributed by atoms with E-state index in [1.807, 2.05) is 0 Å². The molecular weight excluding hydrogens is 466 g/mol. The predicted octanol–water partition coefficient (Wildman–Crippen LogP) is 3.39. The first-order valence-corrected chi connectivity index (χ1v) is 9.78. The number of aliphatic hydroxyl groups is 1. The number of phenolic OH excluding ortho intramolecular Hbond substituents is 1. The maximum absolute atomic E-state index is 13.1. The molecule has 0 bridgehead atoms. The van der Waals surface area contributed by atoms with Crippen LogP contribution in [0.5, 0.6) is 11.5 Å². The average Bonchev–Trinajstić information content (AvgIpc) is 3.46. The number of furan rings is 1. The molecule has 0 saturated carbocycles. The quantitative estimate of drug-likeness (QED) is 0.535. The van der Waals surface area contributed by atoms with Crippen LogP contribution in [0.25, 0.3) is 0 Å². The van der Waals surface area contributed by atoms with E-state index < -0.39 is 23.5 Å². The van der Waals surface area contributed by atoms with Gasteiger partial charge in [0.25, 0.3) is 5.91 Å². The summed E-state index contributed by atoms with van der Waals surface area (Å²) in [6.07, 6.45) is 1.32. The second-order valence-corrected chi connectivity index (χ2v) is 7.59. The van der Waals surface area contributed by atoms with E-state index in [2.05, 4.69) is 26.1 Å². The molecule has 1 aromatic carbocycles. The number of benzene rings is 1. The molecule has 2 N–H and O–H groups in total. The number of hydrogen-bond donors (Lipinski definition) is 2. The number of nitrogens with zero attached hydrogens (tertiary/aromatic N) is 3. The van der Waals surface area contributed by atoms with Gasteiger partial charge in [0.05, 0.1) is 29.5 Å². The number of Topliss-reactive ketones (excluding diaryl/α,β-unsaturated/α-hetero) is 1. The van der Waals surface area contributed by atoms with E-state index in [1.165, 1.54) is 48.0 Å². The van der Waals surface area contributed by atoms with Crippen molar-refractivity contribution in [1.82, 2.24) is 10.2 Å². The molecule has 0 radical (unpaired) electrons. The fourth-order valence-corrected chi connectivity index (χ4v) is 4.11. The number of ether oxygens (including phenoxy) is 1. The van der Waals surface area contributed by atoms with Gasteiger partial charge in [-0.2, -0.15) is 0 Å². The van der Waals surface area contributed by atoms with Gasteiger partial charge >= 0.3 is 0 Å². The third kappa shape index (κ3) is 3.08. The number of aromatic nitrogens is 2. The highest BCUT2D eigenvalue weighted by atomic mass is 79.9. The van der Waals surface area contributed by atoms with Crippen molar-refractivity contribution in [2.24, 2.45) is 0 Å². The zero-order chi connectivity index (χ0) is 20.7. The maximum atomic E-state index is 13.1. The summed E-state index contributed by atoms with van der Waals surface area (Å²) in [4.78, 5) is 27.1. The maximum Gasteiger partial charge on any atom is 0.296 e. The molecule has 1 unspecified atom stereocenters. The molecular formula is C18H12BrN3O6S. The van der Waals surface area contributed by atoms with Crippen molar-refractivity contribution in [3.63, 3.8) is 0 Å². The Bertz CT molecular complexity index is 1130. The van der Waals surface area contributed by atoms with Gasteiger partial charge < -0.3 is 19.4 Å². The minimum atomic E-state index is -1.04. The van der Waals surface area contributed by atoms with Gasteiger partial charge in [-0.05, 0) is 45.8 Å². The molecule has 29 heavy (non-hydrogen) atoms. The first-order chi connectivity index (χ1) is 13.9. The highest BCUT2D eigenvalue weighted by Crippen LogP contribution is 2.45. The van der Waals surface area contributed by atoms with Gasteiger partial charge in [0, 0.05) is 0 Å². The van der Waals surface area contributed by atoms with E-state index in [1.54, 1.807) is 0 Å². The second-order valence-electron chi connectivity index (χ2n) is 5.92. The number of rotatable bonds is 5. The van der Waals surface area contributed by atoms with E-state index in [0.717, 1.165) is 11.3 Å². The van der Waals surface area contributed by atoms with E-state index in [9.17, 15) is 19.8 Å². The van der Waals surface area contributed by atoms with Crippen LogP contribution in [0.15, 0.2) is 56.3 Å². The molecule has 0 spiro atoms. The van der Waals surface area contributed by atoms with E-state index >= 15 is 0 Å². The van der Waals surface area contributed by atoms with Gasteiger partial charge in [-0.25, -0.2) is 0 Å². The van der Waals surface area contributed by atoms with Crippen molar-refractivity contribution >= 4 is 44.1 Å². The molecule has 1 amide bonds. The van der Waals surface area contributed by atoms with Crippen molar-refractivity contribution < 1.29 is 29.0 Å². The number of aromatic hydroxyl groups is 1. The van der Waals surface area contributed by atoms with Crippen LogP contribution in [0, 0.1) is 0 Å². The molecule has 1 aliphatic heterocycles. The lowest BCUT2D eigenvalue weighted by molar-refractivity contribution is -0.117. The van der Waals surface area contributed by atoms with Crippen LogP contribution in [-0.4, -0.2) is 39.2 Å². The average molecular weight is 478 g/mol. The van der Waals surface area contributed by atoms with Gasteiger partial charge in [0.2, 0.25) is 10.9 Å². The summed E-state index contributed by atoms with van der Waals surface area (Å²) in [5.74, 6) is -2.22. The van der Waals surface area contributed by atoms with Crippen molar-refractivity contribution in [3.8, 4) is 11.5 Å². The Hall–Kier alpha value is -3.18. The first-order valence-electron chi connectivity index (χ1n) is 8.11. The standard InChI is InChI=1S/C18H12BrN3O6S/c1-27-11-6-8(5-9(19)14(11)23)13-12(15(24)10-3-2-4-28-10)16(25)17(26)22(13)18-21-20-7-29-18/h2-7,13,23,25H,1H3. The number of halogens is 1. The minimum absolute atomic E-state index is 0.0340. The Balaban J connectivity index is 1.93. The number of amides is 1. The van der Waals surface area contributed by atoms with Crippen LogP contribution >= 0.6 is 27.3 Å². The Morgan fingerprint density at radius 1 is 1.38 bits per heavy atom. The number of hydrogen-bond acceptors (Lipinski definition) is 9. The van der Waals surface area contributed by atoms with Crippen LogP contribution in [0.2, 0.25) is 0 Å². The molecule has 3 aromatic rings.